The van der Waals surface area contributed by atoms with Crippen molar-refractivity contribution in [3.63, 3.8) is 0 Å². The summed E-state index contributed by atoms with van der Waals surface area (Å²) in [6.45, 7) is 6.78. The molecule has 1 rings (SSSR count). The van der Waals surface area contributed by atoms with Gasteiger partial charge in [-0.25, -0.2) is 4.39 Å². The number of hydrogen-bond donors (Lipinski definition) is 1. The van der Waals surface area contributed by atoms with Gasteiger partial charge in [0.15, 0.2) is 0 Å². The Morgan fingerprint density at radius 1 is 1.54 bits per heavy atom. The maximum Gasteiger partial charge on any atom is 0.126 e. The Labute approximate surface area is 78.3 Å². The topological polar surface area (TPSA) is 12.0 Å². The van der Waals surface area contributed by atoms with Crippen molar-refractivity contribution < 1.29 is 4.39 Å². The lowest BCUT2D eigenvalue weighted by molar-refractivity contribution is 0.613. The second-order valence-corrected chi connectivity index (χ2v) is 3.00. The van der Waals surface area contributed by atoms with Crippen molar-refractivity contribution in [1.29, 1.82) is 0 Å². The van der Waals surface area contributed by atoms with Gasteiger partial charge in [-0.15, -0.1) is 6.58 Å². The summed E-state index contributed by atoms with van der Waals surface area (Å²) in [5.74, 6) is -0.141. The Hall–Kier alpha value is -1.15. The molecule has 1 nitrogen and oxygen atoms in total. The third-order valence-corrected chi connectivity index (χ3v) is 1.85. The molecule has 0 aliphatic rings. The molecule has 0 atom stereocenters. The van der Waals surface area contributed by atoms with Crippen molar-refractivity contribution in [3.05, 3.63) is 47.8 Å². The monoisotopic (exact) mass is 179 g/mol. The van der Waals surface area contributed by atoms with E-state index in [1.54, 1.807) is 25.1 Å². The second kappa shape index (κ2) is 4.77. The van der Waals surface area contributed by atoms with Crippen LogP contribution in [-0.2, 0) is 6.54 Å². The second-order valence-electron chi connectivity index (χ2n) is 3.00. The first-order valence-corrected chi connectivity index (χ1v) is 4.30. The highest BCUT2D eigenvalue weighted by atomic mass is 19.1. The molecular formula is C11H14FN. The highest BCUT2D eigenvalue weighted by molar-refractivity contribution is 5.23. The van der Waals surface area contributed by atoms with E-state index in [1.165, 1.54) is 0 Å². The summed E-state index contributed by atoms with van der Waals surface area (Å²) in [7, 11) is 0. The van der Waals surface area contributed by atoms with Crippen molar-refractivity contribution >= 4 is 0 Å². The predicted octanol–water partition coefficient (Wildman–Crippen LogP) is 2.41. The zero-order valence-electron chi connectivity index (χ0n) is 7.81. The Morgan fingerprint density at radius 3 is 2.92 bits per heavy atom. The van der Waals surface area contributed by atoms with E-state index < -0.39 is 0 Å². The van der Waals surface area contributed by atoms with Crippen molar-refractivity contribution in [3.8, 4) is 0 Å². The molecule has 0 aromatic heterocycles. The molecule has 0 fully saturated rings. The van der Waals surface area contributed by atoms with Gasteiger partial charge < -0.3 is 5.32 Å². The van der Waals surface area contributed by atoms with Gasteiger partial charge >= 0.3 is 0 Å². The minimum atomic E-state index is -0.141. The molecule has 0 heterocycles. The molecule has 0 aliphatic heterocycles. The normalized spacial score (nSPS) is 10.0. The quantitative estimate of drug-likeness (QED) is 0.553. The summed E-state index contributed by atoms with van der Waals surface area (Å²) >= 11 is 0. The number of hydrogen-bond acceptors (Lipinski definition) is 1. The highest BCUT2D eigenvalue weighted by Gasteiger charge is 1.97. The first-order valence-electron chi connectivity index (χ1n) is 4.30. The SMILES string of the molecule is C=CCNCc1ccc(C)c(F)c1. The minimum Gasteiger partial charge on any atom is -0.309 e. The van der Waals surface area contributed by atoms with Gasteiger partial charge in [0.1, 0.15) is 5.82 Å². The summed E-state index contributed by atoms with van der Waals surface area (Å²) in [4.78, 5) is 0. The van der Waals surface area contributed by atoms with Gasteiger partial charge in [0.25, 0.3) is 0 Å². The standard InChI is InChI=1S/C11H14FN/c1-3-6-13-8-10-5-4-9(2)11(12)7-10/h3-5,7,13H,1,6,8H2,2H3. The number of halogens is 1. The Kier molecular flexibility index (Phi) is 3.65. The van der Waals surface area contributed by atoms with Crippen LogP contribution in [-0.4, -0.2) is 6.54 Å². The smallest absolute Gasteiger partial charge is 0.126 e. The van der Waals surface area contributed by atoms with Gasteiger partial charge in [-0.3, -0.25) is 0 Å². The fourth-order valence-corrected chi connectivity index (χ4v) is 1.06. The molecule has 0 saturated carbocycles. The van der Waals surface area contributed by atoms with E-state index in [2.05, 4.69) is 11.9 Å². The van der Waals surface area contributed by atoms with Crippen LogP contribution in [0.2, 0.25) is 0 Å². The Balaban J connectivity index is 2.57. The van der Waals surface area contributed by atoms with Gasteiger partial charge in [0.2, 0.25) is 0 Å². The first kappa shape index (κ1) is 9.93. The summed E-state index contributed by atoms with van der Waals surface area (Å²) in [6, 6.07) is 5.28. The van der Waals surface area contributed by atoms with Crippen LogP contribution in [0.1, 0.15) is 11.1 Å². The van der Waals surface area contributed by atoms with Crippen LogP contribution in [0, 0.1) is 12.7 Å². The molecule has 1 aromatic carbocycles. The third kappa shape index (κ3) is 2.99. The Morgan fingerprint density at radius 2 is 2.31 bits per heavy atom. The van der Waals surface area contributed by atoms with Crippen LogP contribution >= 0.6 is 0 Å². The Bertz CT molecular complexity index is 294. The first-order chi connectivity index (χ1) is 6.24. The number of rotatable bonds is 4. The zero-order chi connectivity index (χ0) is 9.68. The van der Waals surface area contributed by atoms with Crippen LogP contribution in [0.25, 0.3) is 0 Å². The van der Waals surface area contributed by atoms with E-state index in [0.717, 1.165) is 12.1 Å². The van der Waals surface area contributed by atoms with Crippen molar-refractivity contribution in [1.82, 2.24) is 5.32 Å². The highest BCUT2D eigenvalue weighted by Crippen LogP contribution is 2.08. The van der Waals surface area contributed by atoms with Gasteiger partial charge in [-0.2, -0.15) is 0 Å². The van der Waals surface area contributed by atoms with Crippen LogP contribution in [0.3, 0.4) is 0 Å². The van der Waals surface area contributed by atoms with Gasteiger partial charge in [-0.05, 0) is 24.1 Å². The third-order valence-electron chi connectivity index (χ3n) is 1.85. The zero-order valence-corrected chi connectivity index (χ0v) is 7.81. The van der Waals surface area contributed by atoms with Crippen LogP contribution in [0.5, 0.6) is 0 Å². The van der Waals surface area contributed by atoms with Gasteiger partial charge in [0.05, 0.1) is 0 Å². The number of benzene rings is 1. The van der Waals surface area contributed by atoms with E-state index in [-0.39, 0.29) is 5.82 Å². The summed E-state index contributed by atoms with van der Waals surface area (Å²) < 4.78 is 13.0. The maximum absolute atomic E-state index is 13.0. The molecule has 1 aromatic rings. The molecule has 0 unspecified atom stereocenters. The summed E-state index contributed by atoms with van der Waals surface area (Å²) in [5.41, 5.74) is 1.65. The lowest BCUT2D eigenvalue weighted by Crippen LogP contribution is -2.12. The van der Waals surface area contributed by atoms with Gasteiger partial charge in [-0.1, -0.05) is 18.2 Å². The lowest BCUT2D eigenvalue weighted by atomic mass is 10.1. The molecule has 0 radical (unpaired) electrons. The van der Waals surface area contributed by atoms with E-state index in [1.807, 2.05) is 6.07 Å². The maximum atomic E-state index is 13.0. The summed E-state index contributed by atoms with van der Waals surface area (Å²) in [5, 5.41) is 3.11. The van der Waals surface area contributed by atoms with E-state index in [0.29, 0.717) is 12.1 Å². The molecule has 0 amide bonds. The molecular weight excluding hydrogens is 165 g/mol. The van der Waals surface area contributed by atoms with E-state index in [4.69, 9.17) is 0 Å². The minimum absolute atomic E-state index is 0.141. The molecule has 2 heteroatoms. The number of nitrogens with one attached hydrogen (secondary N) is 1. The van der Waals surface area contributed by atoms with Crippen LogP contribution < -0.4 is 5.32 Å². The molecule has 1 N–H and O–H groups in total. The molecule has 70 valence electrons. The van der Waals surface area contributed by atoms with E-state index >= 15 is 0 Å². The van der Waals surface area contributed by atoms with Crippen LogP contribution in [0.15, 0.2) is 30.9 Å². The van der Waals surface area contributed by atoms with Crippen molar-refractivity contribution in [2.45, 2.75) is 13.5 Å². The molecule has 0 aliphatic carbocycles. The number of aryl methyl sites for hydroxylation is 1. The average Bonchev–Trinajstić information content (AvgIpc) is 2.12. The summed E-state index contributed by atoms with van der Waals surface area (Å²) in [6.07, 6.45) is 1.78. The van der Waals surface area contributed by atoms with E-state index in [9.17, 15) is 4.39 Å². The predicted molar refractivity (Wildman–Crippen MR) is 53.0 cm³/mol. The molecule has 0 bridgehead atoms. The fraction of sp³-hybridized carbons (Fsp3) is 0.273. The van der Waals surface area contributed by atoms with Crippen LogP contribution in [0.4, 0.5) is 4.39 Å². The molecule has 13 heavy (non-hydrogen) atoms. The molecule has 0 saturated heterocycles. The van der Waals surface area contributed by atoms with Crippen molar-refractivity contribution in [2.75, 3.05) is 6.54 Å². The molecule has 0 spiro atoms. The fourth-order valence-electron chi connectivity index (χ4n) is 1.06. The van der Waals surface area contributed by atoms with Crippen molar-refractivity contribution in [2.24, 2.45) is 0 Å². The largest absolute Gasteiger partial charge is 0.309 e. The van der Waals surface area contributed by atoms with Gasteiger partial charge in [0, 0.05) is 13.1 Å². The lowest BCUT2D eigenvalue weighted by Gasteiger charge is -2.03. The average molecular weight is 179 g/mol.